The molecule has 1 aromatic heterocycles. The van der Waals surface area contributed by atoms with Crippen molar-refractivity contribution >= 4 is 17.7 Å². The Morgan fingerprint density at radius 2 is 1.73 bits per heavy atom. The molecule has 6 heteroatoms. The number of nitrogens with zero attached hydrogens (tertiary/aromatic N) is 3. The lowest BCUT2D eigenvalue weighted by Crippen LogP contribution is -2.33. The number of hydrogen-bond donors (Lipinski definition) is 1. The topological polar surface area (TPSA) is 59.8 Å². The molecule has 0 radical (unpaired) electrons. The van der Waals surface area contributed by atoms with Crippen LogP contribution in [0.4, 0.5) is 0 Å². The Balaban J connectivity index is 1.58. The average molecular weight is 366 g/mol. The fourth-order valence-electron chi connectivity index (χ4n) is 2.58. The van der Waals surface area contributed by atoms with Gasteiger partial charge in [-0.05, 0) is 30.5 Å². The largest absolute Gasteiger partial charge is 0.355 e. The van der Waals surface area contributed by atoms with E-state index < -0.39 is 0 Å². The van der Waals surface area contributed by atoms with Crippen LogP contribution in [0.5, 0.6) is 0 Å². The number of thioether (sulfide) groups is 1. The van der Waals surface area contributed by atoms with E-state index in [1.54, 1.807) is 6.33 Å². The van der Waals surface area contributed by atoms with Crippen LogP contribution in [-0.4, -0.2) is 32.5 Å². The maximum Gasteiger partial charge on any atom is 0.233 e. The van der Waals surface area contributed by atoms with Crippen LogP contribution in [0.25, 0.3) is 5.69 Å². The molecule has 0 spiro atoms. The predicted molar refractivity (Wildman–Crippen MR) is 105 cm³/mol. The Hall–Kier alpha value is -2.60. The molecule has 1 N–H and O–H groups in total. The first-order valence-electron chi connectivity index (χ1n) is 8.60. The molecule has 3 rings (SSSR count). The second-order valence-corrected chi connectivity index (χ2v) is 7.44. The van der Waals surface area contributed by atoms with Gasteiger partial charge in [-0.3, -0.25) is 9.36 Å². The summed E-state index contributed by atoms with van der Waals surface area (Å²) in [5, 5.41) is 11.6. The zero-order valence-electron chi connectivity index (χ0n) is 14.9. The second kappa shape index (κ2) is 8.67. The summed E-state index contributed by atoms with van der Waals surface area (Å²) < 4.78 is 1.89. The molecule has 0 aliphatic heterocycles. The summed E-state index contributed by atoms with van der Waals surface area (Å²) in [5.74, 6) is 0.269. The molecule has 134 valence electrons. The van der Waals surface area contributed by atoms with E-state index in [9.17, 15) is 4.79 Å². The number of nitrogens with one attached hydrogen (secondary N) is 1. The minimum Gasteiger partial charge on any atom is -0.355 e. The number of aromatic nitrogens is 3. The summed E-state index contributed by atoms with van der Waals surface area (Å²) in [6, 6.07) is 20.1. The van der Waals surface area contributed by atoms with Crippen molar-refractivity contribution < 1.29 is 4.79 Å². The smallest absolute Gasteiger partial charge is 0.233 e. The molecular formula is C20H22N4OS. The van der Waals surface area contributed by atoms with Gasteiger partial charge in [0.1, 0.15) is 6.33 Å². The van der Waals surface area contributed by atoms with Crippen molar-refractivity contribution in [1.82, 2.24) is 20.1 Å². The van der Waals surface area contributed by atoms with Crippen LogP contribution in [0, 0.1) is 0 Å². The van der Waals surface area contributed by atoms with Gasteiger partial charge in [-0.15, -0.1) is 10.2 Å². The summed E-state index contributed by atoms with van der Waals surface area (Å²) in [4.78, 5) is 12.5. The highest BCUT2D eigenvalue weighted by Crippen LogP contribution is 2.24. The van der Waals surface area contributed by atoms with Crippen molar-refractivity contribution in [1.29, 1.82) is 0 Å². The van der Waals surface area contributed by atoms with Gasteiger partial charge in [0.15, 0.2) is 5.16 Å². The number of rotatable bonds is 7. The first-order chi connectivity index (χ1) is 12.6. The lowest BCUT2D eigenvalue weighted by Gasteiger charge is -2.16. The molecule has 0 unspecified atom stereocenters. The van der Waals surface area contributed by atoms with Crippen LogP contribution in [0.3, 0.4) is 0 Å². The summed E-state index contributed by atoms with van der Waals surface area (Å²) in [6.07, 6.45) is 1.67. The highest BCUT2D eigenvalue weighted by atomic mass is 32.2. The molecule has 0 saturated carbocycles. The van der Waals surface area contributed by atoms with Gasteiger partial charge in [0.05, 0.1) is 5.25 Å². The second-order valence-electron chi connectivity index (χ2n) is 6.14. The van der Waals surface area contributed by atoms with Crippen molar-refractivity contribution in [3.8, 4) is 5.69 Å². The Labute approximate surface area is 157 Å². The summed E-state index contributed by atoms with van der Waals surface area (Å²) >= 11 is 1.40. The van der Waals surface area contributed by atoms with Gasteiger partial charge < -0.3 is 5.32 Å². The molecule has 0 aliphatic carbocycles. The average Bonchev–Trinajstić information content (AvgIpc) is 3.15. The van der Waals surface area contributed by atoms with Gasteiger partial charge in [-0.25, -0.2) is 0 Å². The highest BCUT2D eigenvalue weighted by Gasteiger charge is 2.19. The number of benzene rings is 2. The fraction of sp³-hybridized carbons (Fsp3) is 0.250. The van der Waals surface area contributed by atoms with Gasteiger partial charge in [-0.2, -0.15) is 0 Å². The first kappa shape index (κ1) is 18.2. The third-order valence-corrected chi connectivity index (χ3v) is 5.21. The molecule has 0 saturated heterocycles. The summed E-state index contributed by atoms with van der Waals surface area (Å²) in [5.41, 5.74) is 2.20. The lowest BCUT2D eigenvalue weighted by molar-refractivity contribution is -0.120. The van der Waals surface area contributed by atoms with Crippen LogP contribution >= 0.6 is 11.8 Å². The van der Waals surface area contributed by atoms with Crippen LogP contribution < -0.4 is 5.32 Å². The van der Waals surface area contributed by atoms with Crippen LogP contribution in [0.2, 0.25) is 0 Å². The third kappa shape index (κ3) is 4.52. The summed E-state index contributed by atoms with van der Waals surface area (Å²) in [6.45, 7) is 4.61. The standard InChI is InChI=1S/C20H22N4OS/c1-15(17-9-5-3-6-10-17)13-21-19(25)16(2)26-20-23-22-14-24(20)18-11-7-4-8-12-18/h3-12,14-16H,13H2,1-2H3,(H,21,25)/t15-,16-/m1/s1. The molecule has 1 amide bonds. The van der Waals surface area contributed by atoms with E-state index >= 15 is 0 Å². The number of carbonyl (C=O) groups excluding carboxylic acids is 1. The normalized spacial score (nSPS) is 13.2. The third-order valence-electron chi connectivity index (χ3n) is 4.15. The van der Waals surface area contributed by atoms with Crippen LogP contribution in [0.15, 0.2) is 72.1 Å². The molecule has 26 heavy (non-hydrogen) atoms. The SMILES string of the molecule is C[C@H](CNC(=O)[C@@H](C)Sc1nncn1-c1ccccc1)c1ccccc1. The van der Waals surface area contributed by atoms with Gasteiger partial charge in [0.2, 0.25) is 5.91 Å². The zero-order chi connectivity index (χ0) is 18.4. The van der Waals surface area contributed by atoms with Crippen molar-refractivity contribution in [3.63, 3.8) is 0 Å². The Morgan fingerprint density at radius 1 is 1.08 bits per heavy atom. The van der Waals surface area contributed by atoms with E-state index in [1.807, 2.05) is 60.0 Å². The van der Waals surface area contributed by atoms with E-state index in [4.69, 9.17) is 0 Å². The van der Waals surface area contributed by atoms with E-state index in [1.165, 1.54) is 17.3 Å². The van der Waals surface area contributed by atoms with E-state index in [2.05, 4.69) is 34.6 Å². The van der Waals surface area contributed by atoms with Crippen molar-refractivity contribution in [2.45, 2.75) is 30.2 Å². The van der Waals surface area contributed by atoms with E-state index in [0.29, 0.717) is 11.7 Å². The zero-order valence-corrected chi connectivity index (χ0v) is 15.7. The number of para-hydroxylation sites is 1. The van der Waals surface area contributed by atoms with Crippen LogP contribution in [-0.2, 0) is 4.79 Å². The first-order valence-corrected chi connectivity index (χ1v) is 9.48. The van der Waals surface area contributed by atoms with Gasteiger partial charge >= 0.3 is 0 Å². The van der Waals surface area contributed by atoms with Crippen molar-refractivity contribution in [2.75, 3.05) is 6.54 Å². The fourth-order valence-corrected chi connectivity index (χ4v) is 3.45. The molecule has 0 bridgehead atoms. The van der Waals surface area contributed by atoms with Crippen LogP contribution in [0.1, 0.15) is 25.3 Å². The quantitative estimate of drug-likeness (QED) is 0.648. The Morgan fingerprint density at radius 3 is 2.42 bits per heavy atom. The molecule has 5 nitrogen and oxygen atoms in total. The summed E-state index contributed by atoms with van der Waals surface area (Å²) in [7, 11) is 0. The molecule has 0 fully saturated rings. The van der Waals surface area contributed by atoms with Gasteiger partial charge in [0.25, 0.3) is 0 Å². The Bertz CT molecular complexity index is 835. The van der Waals surface area contributed by atoms with Crippen molar-refractivity contribution in [3.05, 3.63) is 72.6 Å². The predicted octanol–water partition coefficient (Wildman–Crippen LogP) is 3.67. The maximum absolute atomic E-state index is 12.5. The van der Waals surface area contributed by atoms with E-state index in [-0.39, 0.29) is 17.1 Å². The monoisotopic (exact) mass is 366 g/mol. The van der Waals surface area contributed by atoms with Gasteiger partial charge in [-0.1, -0.05) is 67.2 Å². The molecule has 2 aromatic carbocycles. The molecule has 2 atom stereocenters. The molecule has 0 aliphatic rings. The van der Waals surface area contributed by atoms with Gasteiger partial charge in [0, 0.05) is 12.2 Å². The molecular weight excluding hydrogens is 344 g/mol. The minimum absolute atomic E-state index is 0.000364. The number of hydrogen-bond acceptors (Lipinski definition) is 4. The number of carbonyl (C=O) groups is 1. The highest BCUT2D eigenvalue weighted by molar-refractivity contribution is 8.00. The number of amides is 1. The maximum atomic E-state index is 12.5. The van der Waals surface area contributed by atoms with E-state index in [0.717, 1.165) is 5.69 Å². The van der Waals surface area contributed by atoms with Crippen molar-refractivity contribution in [2.24, 2.45) is 0 Å². The molecule has 1 heterocycles. The molecule has 3 aromatic rings. The Kier molecular flexibility index (Phi) is 6.07. The lowest BCUT2D eigenvalue weighted by atomic mass is 10.0. The minimum atomic E-state index is -0.260.